The summed E-state index contributed by atoms with van der Waals surface area (Å²) >= 11 is 1.92. The van der Waals surface area contributed by atoms with Crippen molar-refractivity contribution in [3.05, 3.63) is 33.1 Å². The van der Waals surface area contributed by atoms with Gasteiger partial charge in [-0.1, -0.05) is 0 Å². The predicted octanol–water partition coefficient (Wildman–Crippen LogP) is 2.51. The minimum absolute atomic E-state index is 0.0694. The molecule has 1 amide bonds. The summed E-state index contributed by atoms with van der Waals surface area (Å²) in [7, 11) is 0. The van der Waals surface area contributed by atoms with Crippen molar-refractivity contribution in [2.45, 2.75) is 25.3 Å². The van der Waals surface area contributed by atoms with E-state index < -0.39 is 5.97 Å². The molecule has 1 fully saturated rings. The number of hydrogen-bond acceptors (Lipinski definition) is 2. The van der Waals surface area contributed by atoms with Crippen LogP contribution in [0.5, 0.6) is 0 Å². The van der Waals surface area contributed by atoms with Gasteiger partial charge >= 0.3 is 5.97 Å². The monoisotopic (exact) mass is 377 g/mol. The van der Waals surface area contributed by atoms with E-state index in [1.807, 2.05) is 22.6 Å². The number of aliphatic carboxylic acids is 1. The van der Waals surface area contributed by atoms with E-state index in [1.54, 1.807) is 4.90 Å². The number of amides is 1. The quantitative estimate of drug-likeness (QED) is 0.803. The summed E-state index contributed by atoms with van der Waals surface area (Å²) in [6, 6.07) is 4.14. The Hall–Kier alpha value is -1.18. The van der Waals surface area contributed by atoms with E-state index in [4.69, 9.17) is 5.11 Å². The lowest BCUT2D eigenvalue weighted by Crippen LogP contribution is -2.35. The van der Waals surface area contributed by atoms with Crippen LogP contribution in [-0.2, 0) is 4.79 Å². The Morgan fingerprint density at radius 2 is 2.11 bits per heavy atom. The van der Waals surface area contributed by atoms with Gasteiger partial charge in [-0.15, -0.1) is 0 Å². The fourth-order valence-corrected chi connectivity index (χ4v) is 2.58. The van der Waals surface area contributed by atoms with Gasteiger partial charge in [-0.3, -0.25) is 9.59 Å². The second-order valence-corrected chi connectivity index (χ2v) is 5.66. The third-order valence-electron chi connectivity index (χ3n) is 2.98. The molecular weight excluding hydrogens is 364 g/mol. The molecule has 1 aliphatic rings. The summed E-state index contributed by atoms with van der Waals surface area (Å²) < 4.78 is 13.6. The van der Waals surface area contributed by atoms with Crippen LogP contribution in [-0.4, -0.2) is 34.5 Å². The number of hydrogen-bond donors (Lipinski definition) is 1. The topological polar surface area (TPSA) is 57.6 Å². The molecule has 0 unspecified atom stereocenters. The second-order valence-electron chi connectivity index (χ2n) is 4.50. The zero-order valence-corrected chi connectivity index (χ0v) is 12.3. The number of nitrogens with zero attached hydrogens (tertiary/aromatic N) is 1. The van der Waals surface area contributed by atoms with E-state index in [0.29, 0.717) is 9.13 Å². The lowest BCUT2D eigenvalue weighted by atomic mass is 10.2. The number of benzene rings is 1. The Bertz CT molecular complexity index is 517. The summed E-state index contributed by atoms with van der Waals surface area (Å²) in [5, 5.41) is 8.72. The van der Waals surface area contributed by atoms with Crippen LogP contribution in [0.1, 0.15) is 29.6 Å². The first-order chi connectivity index (χ1) is 8.99. The summed E-state index contributed by atoms with van der Waals surface area (Å²) in [5.41, 5.74) is 0.430. The molecule has 0 heterocycles. The molecule has 0 radical (unpaired) electrons. The smallest absolute Gasteiger partial charge is 0.305 e. The number of carbonyl (C=O) groups excluding carboxylic acids is 1. The van der Waals surface area contributed by atoms with Gasteiger partial charge in [-0.25, -0.2) is 4.39 Å². The van der Waals surface area contributed by atoms with E-state index >= 15 is 0 Å². The lowest BCUT2D eigenvalue weighted by Gasteiger charge is -2.22. The van der Waals surface area contributed by atoms with Crippen molar-refractivity contribution in [2.75, 3.05) is 6.54 Å². The molecule has 6 heteroatoms. The van der Waals surface area contributed by atoms with Crippen molar-refractivity contribution in [3.8, 4) is 0 Å². The van der Waals surface area contributed by atoms with Crippen LogP contribution >= 0.6 is 22.6 Å². The Kier molecular flexibility index (Phi) is 4.38. The average molecular weight is 377 g/mol. The highest BCUT2D eigenvalue weighted by Crippen LogP contribution is 2.29. The molecule has 0 aliphatic heterocycles. The third kappa shape index (κ3) is 3.65. The van der Waals surface area contributed by atoms with Gasteiger partial charge in [-0.2, -0.15) is 0 Å². The summed E-state index contributed by atoms with van der Waals surface area (Å²) in [5.74, 6) is -1.52. The average Bonchev–Trinajstić information content (AvgIpc) is 3.13. The Morgan fingerprint density at radius 1 is 1.42 bits per heavy atom. The second kappa shape index (κ2) is 5.85. The maximum absolute atomic E-state index is 13.0. The molecular formula is C13H13FINO3. The van der Waals surface area contributed by atoms with Gasteiger partial charge in [0.2, 0.25) is 0 Å². The molecule has 0 aromatic heterocycles. The molecule has 1 N–H and O–H groups in total. The highest BCUT2D eigenvalue weighted by molar-refractivity contribution is 14.1. The number of carbonyl (C=O) groups is 2. The van der Waals surface area contributed by atoms with Crippen molar-refractivity contribution in [3.63, 3.8) is 0 Å². The summed E-state index contributed by atoms with van der Waals surface area (Å²) in [6.07, 6.45) is 1.74. The normalized spacial score (nSPS) is 14.2. The van der Waals surface area contributed by atoms with Crippen LogP contribution in [0.25, 0.3) is 0 Å². The van der Waals surface area contributed by atoms with Gasteiger partial charge in [0.05, 0.1) is 12.0 Å². The standard InChI is InChI=1S/C13H13FINO3/c14-8-1-4-10(11(15)7-8)13(19)16(9-2-3-9)6-5-12(17)18/h1,4,7,9H,2-3,5-6H2,(H,17,18). The lowest BCUT2D eigenvalue weighted by molar-refractivity contribution is -0.137. The van der Waals surface area contributed by atoms with E-state index in [1.165, 1.54) is 18.2 Å². The molecule has 0 saturated heterocycles. The van der Waals surface area contributed by atoms with Crippen molar-refractivity contribution >= 4 is 34.5 Å². The molecule has 1 saturated carbocycles. The first kappa shape index (κ1) is 14.2. The first-order valence-corrected chi connectivity index (χ1v) is 7.04. The largest absolute Gasteiger partial charge is 0.481 e. The molecule has 1 aromatic rings. The number of carboxylic acid groups (broad SMARTS) is 1. The molecule has 0 bridgehead atoms. The molecule has 1 aromatic carbocycles. The van der Waals surface area contributed by atoms with Crippen molar-refractivity contribution < 1.29 is 19.1 Å². The first-order valence-electron chi connectivity index (χ1n) is 5.97. The van der Waals surface area contributed by atoms with E-state index in [2.05, 4.69) is 0 Å². The number of halogens is 2. The zero-order valence-electron chi connectivity index (χ0n) is 10.1. The fourth-order valence-electron chi connectivity index (χ4n) is 1.87. The highest BCUT2D eigenvalue weighted by Gasteiger charge is 2.33. The van der Waals surface area contributed by atoms with Crippen LogP contribution < -0.4 is 0 Å². The molecule has 0 spiro atoms. The molecule has 19 heavy (non-hydrogen) atoms. The summed E-state index contributed by atoms with van der Waals surface area (Å²) in [6.45, 7) is 0.201. The third-order valence-corrected chi connectivity index (χ3v) is 3.87. The van der Waals surface area contributed by atoms with E-state index in [0.717, 1.165) is 12.8 Å². The Labute approximate surface area is 123 Å². The number of carboxylic acids is 1. The molecule has 2 rings (SSSR count). The van der Waals surface area contributed by atoms with Gasteiger partial charge in [0, 0.05) is 16.2 Å². The van der Waals surface area contributed by atoms with E-state index in [-0.39, 0.29) is 30.7 Å². The van der Waals surface area contributed by atoms with Crippen LogP contribution in [0.15, 0.2) is 18.2 Å². The van der Waals surface area contributed by atoms with Gasteiger partial charge in [0.25, 0.3) is 5.91 Å². The minimum Gasteiger partial charge on any atom is -0.481 e. The van der Waals surface area contributed by atoms with Gasteiger partial charge in [0.15, 0.2) is 0 Å². The maximum atomic E-state index is 13.0. The van der Waals surface area contributed by atoms with Crippen molar-refractivity contribution in [2.24, 2.45) is 0 Å². The SMILES string of the molecule is O=C(O)CCN(C(=O)c1ccc(F)cc1I)C1CC1. The van der Waals surface area contributed by atoms with Crippen LogP contribution in [0.4, 0.5) is 4.39 Å². The molecule has 1 aliphatic carbocycles. The fraction of sp³-hybridized carbons (Fsp3) is 0.385. The van der Waals surface area contributed by atoms with Crippen molar-refractivity contribution in [1.82, 2.24) is 4.90 Å². The highest BCUT2D eigenvalue weighted by atomic mass is 127. The van der Waals surface area contributed by atoms with Gasteiger partial charge < -0.3 is 10.0 Å². The predicted molar refractivity (Wildman–Crippen MR) is 75.4 cm³/mol. The van der Waals surface area contributed by atoms with Gasteiger partial charge in [-0.05, 0) is 53.6 Å². The minimum atomic E-state index is -0.924. The Morgan fingerprint density at radius 3 is 2.63 bits per heavy atom. The van der Waals surface area contributed by atoms with Crippen molar-refractivity contribution in [1.29, 1.82) is 0 Å². The number of rotatable bonds is 5. The molecule has 0 atom stereocenters. The Balaban J connectivity index is 2.16. The van der Waals surface area contributed by atoms with E-state index in [9.17, 15) is 14.0 Å². The molecule has 102 valence electrons. The summed E-state index contributed by atoms with van der Waals surface area (Å²) in [4.78, 5) is 24.6. The zero-order chi connectivity index (χ0) is 14.0. The molecule has 4 nitrogen and oxygen atoms in total. The van der Waals surface area contributed by atoms with Gasteiger partial charge in [0.1, 0.15) is 5.82 Å². The van der Waals surface area contributed by atoms with Crippen LogP contribution in [0, 0.1) is 9.39 Å². The van der Waals surface area contributed by atoms with Crippen LogP contribution in [0.2, 0.25) is 0 Å². The maximum Gasteiger partial charge on any atom is 0.305 e. The van der Waals surface area contributed by atoms with Crippen LogP contribution in [0.3, 0.4) is 0 Å².